The molecule has 0 aromatic heterocycles. The van der Waals surface area contributed by atoms with Crippen LogP contribution in [0.2, 0.25) is 0 Å². The summed E-state index contributed by atoms with van der Waals surface area (Å²) in [5, 5.41) is 17.4. The summed E-state index contributed by atoms with van der Waals surface area (Å²) in [4.78, 5) is 10.4. The molecule has 0 radical (unpaired) electrons. The molecule has 0 saturated carbocycles. The van der Waals surface area contributed by atoms with Gasteiger partial charge in [-0.1, -0.05) is 44.2 Å². The molecule has 0 unspecified atom stereocenters. The van der Waals surface area contributed by atoms with Crippen LogP contribution in [0.4, 0.5) is 11.4 Å². The second-order valence-electron chi connectivity index (χ2n) is 6.80. The number of ether oxygens (including phenoxy) is 1. The summed E-state index contributed by atoms with van der Waals surface area (Å²) >= 11 is 0. The van der Waals surface area contributed by atoms with E-state index < -0.39 is 14.9 Å². The lowest BCUT2D eigenvalue weighted by molar-refractivity contribution is -0.385. The van der Waals surface area contributed by atoms with Crippen molar-refractivity contribution in [1.82, 2.24) is 4.31 Å². The molecule has 32 heavy (non-hydrogen) atoms. The summed E-state index contributed by atoms with van der Waals surface area (Å²) in [7, 11) is -2.41. The third-order valence-electron chi connectivity index (χ3n) is 5.03. The third kappa shape index (κ3) is 4.56. The van der Waals surface area contributed by atoms with Gasteiger partial charge in [0.05, 0.1) is 23.9 Å². The number of fused-ring (bicyclic) bond motifs is 1. The molecule has 0 spiro atoms. The van der Waals surface area contributed by atoms with Crippen molar-refractivity contribution >= 4 is 38.4 Å². The average molecular weight is 457 g/mol. The maximum absolute atomic E-state index is 13.1. The predicted molar refractivity (Wildman–Crippen MR) is 125 cm³/mol. The average Bonchev–Trinajstić information content (AvgIpc) is 2.79. The lowest BCUT2D eigenvalue weighted by Gasteiger charge is -2.20. The minimum absolute atomic E-state index is 0.137. The molecule has 168 valence electrons. The zero-order chi connectivity index (χ0) is 23.3. The van der Waals surface area contributed by atoms with Gasteiger partial charge in [0.25, 0.3) is 5.69 Å². The number of non-ortho nitro benzene ring substituents is 1. The van der Waals surface area contributed by atoms with Gasteiger partial charge in [0, 0.05) is 30.8 Å². The first-order chi connectivity index (χ1) is 15.3. The Morgan fingerprint density at radius 2 is 1.84 bits per heavy atom. The van der Waals surface area contributed by atoms with Crippen LogP contribution in [-0.4, -0.2) is 44.1 Å². The molecule has 3 rings (SSSR count). The highest BCUT2D eigenvalue weighted by molar-refractivity contribution is 7.89. The van der Waals surface area contributed by atoms with Crippen molar-refractivity contribution in [3.8, 4) is 5.75 Å². The summed E-state index contributed by atoms with van der Waals surface area (Å²) in [6.45, 7) is 3.88. The molecule has 0 heterocycles. The Morgan fingerprint density at radius 3 is 2.50 bits per heavy atom. The Bertz CT molecular complexity index is 1270. The summed E-state index contributed by atoms with van der Waals surface area (Å²) in [5.74, 6) is 0.605. The Hall–Kier alpha value is -3.50. The number of rotatable bonds is 9. The molecule has 10 heteroatoms. The zero-order valence-corrected chi connectivity index (χ0v) is 18.8. The topological polar surface area (TPSA) is 114 Å². The zero-order valence-electron chi connectivity index (χ0n) is 18.0. The van der Waals surface area contributed by atoms with Crippen molar-refractivity contribution in [2.45, 2.75) is 18.7 Å². The minimum atomic E-state index is -3.96. The Balaban J connectivity index is 2.04. The quantitative estimate of drug-likeness (QED) is 0.293. The second kappa shape index (κ2) is 9.75. The molecule has 0 atom stereocenters. The highest BCUT2D eigenvalue weighted by Crippen LogP contribution is 2.30. The van der Waals surface area contributed by atoms with E-state index in [9.17, 15) is 18.5 Å². The van der Waals surface area contributed by atoms with E-state index in [-0.39, 0.29) is 29.4 Å². The van der Waals surface area contributed by atoms with E-state index in [2.05, 4.69) is 10.5 Å². The number of methoxy groups -OCH3 is 1. The van der Waals surface area contributed by atoms with Gasteiger partial charge in [0.2, 0.25) is 10.0 Å². The van der Waals surface area contributed by atoms with Gasteiger partial charge >= 0.3 is 0 Å². The molecule has 0 fully saturated rings. The molecule has 0 aliphatic carbocycles. The number of anilines is 1. The molecular weight excluding hydrogens is 432 g/mol. The number of benzene rings is 3. The van der Waals surface area contributed by atoms with Crippen LogP contribution in [0.3, 0.4) is 0 Å². The molecule has 9 nitrogen and oxygen atoms in total. The molecule has 0 amide bonds. The van der Waals surface area contributed by atoms with Crippen molar-refractivity contribution in [3.05, 3.63) is 70.3 Å². The molecule has 1 N–H and O–H groups in total. The van der Waals surface area contributed by atoms with Crippen molar-refractivity contribution in [3.63, 3.8) is 0 Å². The van der Waals surface area contributed by atoms with E-state index in [1.807, 2.05) is 36.4 Å². The van der Waals surface area contributed by atoms with Crippen molar-refractivity contribution in [2.75, 3.05) is 25.6 Å². The van der Waals surface area contributed by atoms with Gasteiger partial charge in [-0.15, -0.1) is 0 Å². The van der Waals surface area contributed by atoms with Crippen molar-refractivity contribution in [1.29, 1.82) is 0 Å². The van der Waals surface area contributed by atoms with E-state index in [1.165, 1.54) is 22.7 Å². The summed E-state index contributed by atoms with van der Waals surface area (Å²) in [5.41, 5.74) is 3.27. The molecule has 0 aliphatic rings. The number of hydrazone groups is 1. The normalized spacial score (nSPS) is 11.9. The molecule has 0 aliphatic heterocycles. The van der Waals surface area contributed by atoms with Gasteiger partial charge in [0.1, 0.15) is 10.6 Å². The monoisotopic (exact) mass is 456 g/mol. The van der Waals surface area contributed by atoms with Crippen LogP contribution in [0.5, 0.6) is 5.75 Å². The van der Waals surface area contributed by atoms with Crippen LogP contribution in [0.1, 0.15) is 19.4 Å². The number of nitrogens with one attached hydrogen (secondary N) is 1. The first kappa shape index (κ1) is 23.2. The van der Waals surface area contributed by atoms with Crippen LogP contribution < -0.4 is 10.2 Å². The number of hydrogen-bond donors (Lipinski definition) is 1. The summed E-state index contributed by atoms with van der Waals surface area (Å²) in [6, 6.07) is 15.1. The van der Waals surface area contributed by atoms with Crippen LogP contribution in [0.15, 0.2) is 64.6 Å². The van der Waals surface area contributed by atoms with E-state index in [1.54, 1.807) is 21.0 Å². The van der Waals surface area contributed by atoms with Crippen molar-refractivity contribution < 1.29 is 18.1 Å². The van der Waals surface area contributed by atoms with Gasteiger partial charge in [-0.05, 0) is 22.9 Å². The molecule has 3 aromatic carbocycles. The Morgan fingerprint density at radius 1 is 1.12 bits per heavy atom. The van der Waals surface area contributed by atoms with Gasteiger partial charge in [-0.2, -0.15) is 9.41 Å². The Kier molecular flexibility index (Phi) is 7.06. The maximum Gasteiger partial charge on any atom is 0.270 e. The fourth-order valence-corrected chi connectivity index (χ4v) is 5.01. The lowest BCUT2D eigenvalue weighted by Crippen LogP contribution is -2.31. The van der Waals surface area contributed by atoms with Gasteiger partial charge in [-0.3, -0.25) is 15.5 Å². The predicted octanol–water partition coefficient (Wildman–Crippen LogP) is 4.23. The largest absolute Gasteiger partial charge is 0.496 e. The molecule has 3 aromatic rings. The second-order valence-corrected chi connectivity index (χ2v) is 8.71. The van der Waals surface area contributed by atoms with E-state index in [0.29, 0.717) is 11.3 Å². The highest BCUT2D eigenvalue weighted by Gasteiger charge is 2.27. The van der Waals surface area contributed by atoms with Crippen LogP contribution in [-0.2, 0) is 10.0 Å². The smallest absolute Gasteiger partial charge is 0.270 e. The van der Waals surface area contributed by atoms with E-state index >= 15 is 0 Å². The van der Waals surface area contributed by atoms with Crippen LogP contribution in [0.25, 0.3) is 10.8 Å². The lowest BCUT2D eigenvalue weighted by atomic mass is 10.0. The standard InChI is InChI=1S/C22H24N4O5S/c1-4-25(5-2)32(29,30)22-14-17(26(27)28)11-12-20(22)24-23-15-19-18-9-7-6-8-16(18)10-13-21(19)31-3/h6-15,24H,4-5H2,1-3H3. The molecule has 0 bridgehead atoms. The number of sulfonamides is 1. The molecule has 0 saturated heterocycles. The summed E-state index contributed by atoms with van der Waals surface area (Å²) < 4.78 is 32.9. The summed E-state index contributed by atoms with van der Waals surface area (Å²) in [6.07, 6.45) is 1.54. The fourth-order valence-electron chi connectivity index (χ4n) is 3.39. The number of nitro benzene ring substituents is 1. The van der Waals surface area contributed by atoms with E-state index in [4.69, 9.17) is 4.74 Å². The first-order valence-corrected chi connectivity index (χ1v) is 11.4. The minimum Gasteiger partial charge on any atom is -0.496 e. The van der Waals surface area contributed by atoms with Gasteiger partial charge in [-0.25, -0.2) is 8.42 Å². The SMILES string of the molecule is CCN(CC)S(=O)(=O)c1cc([N+](=O)[O-])ccc1NN=Cc1c(OC)ccc2ccccc12. The first-order valence-electron chi connectivity index (χ1n) is 9.96. The molecular formula is C22H24N4O5S. The van der Waals surface area contributed by atoms with Crippen LogP contribution in [0, 0.1) is 10.1 Å². The number of hydrogen-bond acceptors (Lipinski definition) is 7. The fraction of sp³-hybridized carbons (Fsp3) is 0.227. The van der Waals surface area contributed by atoms with Gasteiger partial charge in [0.15, 0.2) is 0 Å². The van der Waals surface area contributed by atoms with Crippen molar-refractivity contribution in [2.24, 2.45) is 5.10 Å². The maximum atomic E-state index is 13.1. The Labute approximate surface area is 186 Å². The van der Waals surface area contributed by atoms with E-state index in [0.717, 1.165) is 16.8 Å². The van der Waals surface area contributed by atoms with Gasteiger partial charge < -0.3 is 4.74 Å². The number of nitrogens with zero attached hydrogens (tertiary/aromatic N) is 3. The third-order valence-corrected chi connectivity index (χ3v) is 7.12. The van der Waals surface area contributed by atoms with Crippen LogP contribution >= 0.6 is 0 Å². The number of nitro groups is 1. The highest BCUT2D eigenvalue weighted by atomic mass is 32.2.